The molecule has 0 radical (unpaired) electrons. The quantitative estimate of drug-likeness (QED) is 0.852. The van der Waals surface area contributed by atoms with Gasteiger partial charge in [-0.2, -0.15) is 0 Å². The van der Waals surface area contributed by atoms with Crippen LogP contribution < -0.4 is 5.32 Å². The van der Waals surface area contributed by atoms with E-state index in [1.165, 1.54) is 12.8 Å². The zero-order chi connectivity index (χ0) is 12.5. The van der Waals surface area contributed by atoms with Crippen molar-refractivity contribution in [2.24, 2.45) is 0 Å². The number of aryl methyl sites for hydroxylation is 1. The van der Waals surface area contributed by atoms with Gasteiger partial charge in [-0.3, -0.25) is 9.78 Å². The zero-order valence-corrected chi connectivity index (χ0v) is 10.5. The third kappa shape index (κ3) is 4.53. The Bertz CT molecular complexity index is 341. The van der Waals surface area contributed by atoms with Crippen LogP contribution >= 0.6 is 0 Å². The number of aromatic nitrogens is 1. The highest BCUT2D eigenvalue weighted by atomic mass is 16.5. The maximum atomic E-state index is 11.2. The molecule has 1 aromatic rings. The summed E-state index contributed by atoms with van der Waals surface area (Å²) in [5.74, 6) is -0.118. The Kier molecular flexibility index (Phi) is 6.25. The highest BCUT2D eigenvalue weighted by Gasteiger charge is 2.08. The molecule has 1 aromatic heterocycles. The van der Waals surface area contributed by atoms with Crippen molar-refractivity contribution in [2.45, 2.75) is 26.2 Å². The van der Waals surface area contributed by atoms with E-state index in [2.05, 4.69) is 10.3 Å². The molecule has 2 heterocycles. The smallest absolute Gasteiger partial charge is 0.269 e. The van der Waals surface area contributed by atoms with E-state index in [-0.39, 0.29) is 5.91 Å². The van der Waals surface area contributed by atoms with E-state index >= 15 is 0 Å². The van der Waals surface area contributed by atoms with Crippen LogP contribution in [-0.2, 0) is 11.2 Å². The molecule has 1 aliphatic heterocycles. The number of pyridine rings is 1. The first-order valence-electron chi connectivity index (χ1n) is 6.03. The Labute approximate surface area is 102 Å². The van der Waals surface area contributed by atoms with E-state index in [1.54, 1.807) is 13.2 Å². The van der Waals surface area contributed by atoms with E-state index in [9.17, 15) is 4.79 Å². The molecule has 4 nitrogen and oxygen atoms in total. The highest BCUT2D eigenvalue weighted by molar-refractivity contribution is 5.93. The van der Waals surface area contributed by atoms with Crippen LogP contribution in [0.25, 0.3) is 0 Å². The van der Waals surface area contributed by atoms with Crippen molar-refractivity contribution in [1.82, 2.24) is 10.3 Å². The lowest BCUT2D eigenvalue weighted by molar-refractivity contribution is 0.0957. The lowest BCUT2D eigenvalue weighted by Gasteiger charge is -2.03. The Morgan fingerprint density at radius 3 is 2.65 bits per heavy atom. The molecule has 0 saturated carbocycles. The van der Waals surface area contributed by atoms with Gasteiger partial charge in [0.05, 0.1) is 0 Å². The topological polar surface area (TPSA) is 51.2 Å². The van der Waals surface area contributed by atoms with Gasteiger partial charge >= 0.3 is 0 Å². The summed E-state index contributed by atoms with van der Waals surface area (Å²) in [5.41, 5.74) is 1.51. The molecular weight excluding hydrogens is 216 g/mol. The van der Waals surface area contributed by atoms with Crippen molar-refractivity contribution >= 4 is 5.91 Å². The SMILES string of the molecule is C1CCOC1.CCc1cccnc1C(=O)NC. The second kappa shape index (κ2) is 7.79. The van der Waals surface area contributed by atoms with Gasteiger partial charge in [0.25, 0.3) is 5.91 Å². The van der Waals surface area contributed by atoms with Gasteiger partial charge in [-0.1, -0.05) is 13.0 Å². The molecule has 0 bridgehead atoms. The minimum atomic E-state index is -0.118. The van der Waals surface area contributed by atoms with Gasteiger partial charge < -0.3 is 10.1 Å². The second-order valence-electron chi connectivity index (χ2n) is 3.76. The molecule has 0 aromatic carbocycles. The number of hydrogen-bond donors (Lipinski definition) is 1. The van der Waals surface area contributed by atoms with Gasteiger partial charge in [0.15, 0.2) is 0 Å². The molecule has 94 valence electrons. The Morgan fingerprint density at radius 2 is 2.18 bits per heavy atom. The molecule has 2 rings (SSSR count). The number of ether oxygens (including phenoxy) is 1. The maximum Gasteiger partial charge on any atom is 0.269 e. The summed E-state index contributed by atoms with van der Waals surface area (Å²) >= 11 is 0. The monoisotopic (exact) mass is 236 g/mol. The summed E-state index contributed by atoms with van der Waals surface area (Å²) in [6.07, 6.45) is 5.01. The molecule has 1 amide bonds. The van der Waals surface area contributed by atoms with Crippen LogP contribution in [0.4, 0.5) is 0 Å². The summed E-state index contributed by atoms with van der Waals surface area (Å²) in [4.78, 5) is 15.2. The molecular formula is C13H20N2O2. The summed E-state index contributed by atoms with van der Waals surface area (Å²) in [7, 11) is 1.61. The van der Waals surface area contributed by atoms with Crippen LogP contribution in [0, 0.1) is 0 Å². The number of carbonyl (C=O) groups excluding carboxylic acids is 1. The Hall–Kier alpha value is -1.42. The lowest BCUT2D eigenvalue weighted by atomic mass is 10.1. The average molecular weight is 236 g/mol. The average Bonchev–Trinajstić information content (AvgIpc) is 2.97. The lowest BCUT2D eigenvalue weighted by Crippen LogP contribution is -2.20. The number of carbonyl (C=O) groups is 1. The molecule has 17 heavy (non-hydrogen) atoms. The number of hydrogen-bond acceptors (Lipinski definition) is 3. The number of nitrogens with one attached hydrogen (secondary N) is 1. The van der Waals surface area contributed by atoms with Gasteiger partial charge in [-0.25, -0.2) is 0 Å². The van der Waals surface area contributed by atoms with Crippen LogP contribution in [0.3, 0.4) is 0 Å². The van der Waals surface area contributed by atoms with Crippen molar-refractivity contribution in [3.8, 4) is 0 Å². The summed E-state index contributed by atoms with van der Waals surface area (Å²) in [6.45, 7) is 4.00. The second-order valence-corrected chi connectivity index (χ2v) is 3.76. The van der Waals surface area contributed by atoms with Crippen molar-refractivity contribution in [3.05, 3.63) is 29.6 Å². The molecule has 1 fully saturated rings. The molecule has 0 spiro atoms. The van der Waals surface area contributed by atoms with Crippen LogP contribution in [0.5, 0.6) is 0 Å². The van der Waals surface area contributed by atoms with Gasteiger partial charge in [-0.05, 0) is 30.9 Å². The standard InChI is InChI=1S/C9H12N2O.C4H8O/c1-3-7-5-4-6-11-8(7)9(12)10-2;1-2-4-5-3-1/h4-6H,3H2,1-2H3,(H,10,12);1-4H2. The van der Waals surface area contributed by atoms with Crippen molar-refractivity contribution in [2.75, 3.05) is 20.3 Å². The Morgan fingerprint density at radius 1 is 1.47 bits per heavy atom. The minimum absolute atomic E-state index is 0.118. The third-order valence-corrected chi connectivity index (χ3v) is 2.54. The maximum absolute atomic E-state index is 11.2. The van der Waals surface area contributed by atoms with Crippen molar-refractivity contribution in [3.63, 3.8) is 0 Å². The fourth-order valence-corrected chi connectivity index (χ4v) is 1.56. The molecule has 0 unspecified atom stereocenters. The van der Waals surface area contributed by atoms with E-state index in [1.807, 2.05) is 19.1 Å². The predicted molar refractivity (Wildman–Crippen MR) is 67.1 cm³/mol. The number of rotatable bonds is 2. The molecule has 0 aliphatic carbocycles. The first kappa shape index (κ1) is 13.6. The Balaban J connectivity index is 0.000000239. The fourth-order valence-electron chi connectivity index (χ4n) is 1.56. The van der Waals surface area contributed by atoms with E-state index in [0.717, 1.165) is 25.2 Å². The minimum Gasteiger partial charge on any atom is -0.381 e. The normalized spacial score (nSPS) is 13.8. The highest BCUT2D eigenvalue weighted by Crippen LogP contribution is 2.05. The van der Waals surface area contributed by atoms with Crippen LogP contribution in [-0.4, -0.2) is 31.2 Å². The van der Waals surface area contributed by atoms with Gasteiger partial charge in [-0.15, -0.1) is 0 Å². The first-order valence-corrected chi connectivity index (χ1v) is 6.03. The van der Waals surface area contributed by atoms with Crippen LogP contribution in [0.15, 0.2) is 18.3 Å². The number of amides is 1. The first-order chi connectivity index (χ1) is 8.29. The van der Waals surface area contributed by atoms with Crippen molar-refractivity contribution < 1.29 is 9.53 Å². The van der Waals surface area contributed by atoms with Crippen LogP contribution in [0.2, 0.25) is 0 Å². The molecule has 4 heteroatoms. The molecule has 1 aliphatic rings. The molecule has 1 N–H and O–H groups in total. The fraction of sp³-hybridized carbons (Fsp3) is 0.538. The van der Waals surface area contributed by atoms with Gasteiger partial charge in [0.1, 0.15) is 5.69 Å². The number of nitrogens with zero attached hydrogens (tertiary/aromatic N) is 1. The summed E-state index contributed by atoms with van der Waals surface area (Å²) in [6, 6.07) is 3.75. The predicted octanol–water partition coefficient (Wildman–Crippen LogP) is 1.80. The van der Waals surface area contributed by atoms with Gasteiger partial charge in [0, 0.05) is 26.5 Å². The van der Waals surface area contributed by atoms with Crippen LogP contribution in [0.1, 0.15) is 35.8 Å². The molecule has 0 atom stereocenters. The largest absolute Gasteiger partial charge is 0.381 e. The van der Waals surface area contributed by atoms with E-state index < -0.39 is 0 Å². The van der Waals surface area contributed by atoms with E-state index in [4.69, 9.17) is 4.74 Å². The zero-order valence-electron chi connectivity index (χ0n) is 10.5. The third-order valence-electron chi connectivity index (χ3n) is 2.54. The van der Waals surface area contributed by atoms with Crippen molar-refractivity contribution in [1.29, 1.82) is 0 Å². The van der Waals surface area contributed by atoms with Gasteiger partial charge in [0.2, 0.25) is 0 Å². The molecule has 1 saturated heterocycles. The summed E-state index contributed by atoms with van der Waals surface area (Å²) in [5, 5.41) is 2.55. The summed E-state index contributed by atoms with van der Waals surface area (Å²) < 4.78 is 4.94. The van der Waals surface area contributed by atoms with E-state index in [0.29, 0.717) is 5.69 Å².